The van der Waals surface area contributed by atoms with Crippen molar-refractivity contribution in [3.63, 3.8) is 0 Å². The van der Waals surface area contributed by atoms with Crippen molar-refractivity contribution in [2.45, 2.75) is 60.0 Å². The van der Waals surface area contributed by atoms with E-state index in [1.807, 2.05) is 38.1 Å². The summed E-state index contributed by atoms with van der Waals surface area (Å²) in [4.78, 5) is 32.6. The molecular formula is C23H28N4O3. The number of aryl methyl sites for hydroxylation is 2. The molecule has 0 radical (unpaired) electrons. The molecule has 0 aliphatic rings. The molecule has 1 amide bonds. The molecule has 0 spiro atoms. The molecule has 7 nitrogen and oxygen atoms in total. The standard InChI is InChI=1S/C23H28N4O3/c1-14(2)18-8-7-9-19(12-18)26-11-10-16(5)21(22(26)28)23(29)27(15(3)4)13-20-24-17(6)30-25-20/h7-12,14-15H,13H2,1-6H3. The van der Waals surface area contributed by atoms with Crippen molar-refractivity contribution in [2.75, 3.05) is 0 Å². The second kappa shape index (κ2) is 8.65. The van der Waals surface area contributed by atoms with E-state index in [9.17, 15) is 9.59 Å². The Morgan fingerprint density at radius 1 is 1.17 bits per heavy atom. The van der Waals surface area contributed by atoms with Gasteiger partial charge in [0.1, 0.15) is 5.56 Å². The van der Waals surface area contributed by atoms with Crippen molar-refractivity contribution < 1.29 is 9.32 Å². The van der Waals surface area contributed by atoms with Crippen LogP contribution in [-0.4, -0.2) is 31.6 Å². The second-order valence-electron chi connectivity index (χ2n) is 8.06. The number of carbonyl (C=O) groups excluding carboxylic acids is 1. The molecule has 0 N–H and O–H groups in total. The lowest BCUT2D eigenvalue weighted by atomic mass is 10.0. The predicted octanol–water partition coefficient (Wildman–Crippen LogP) is 4.01. The smallest absolute Gasteiger partial charge is 0.268 e. The SMILES string of the molecule is Cc1nc(CN(C(=O)c2c(C)ccn(-c3cccc(C(C)C)c3)c2=O)C(C)C)no1. The van der Waals surface area contributed by atoms with Crippen molar-refractivity contribution in [3.8, 4) is 5.69 Å². The number of benzene rings is 1. The Morgan fingerprint density at radius 3 is 2.50 bits per heavy atom. The van der Waals surface area contributed by atoms with Crippen LogP contribution >= 0.6 is 0 Å². The number of pyridine rings is 1. The number of aromatic nitrogens is 3. The summed E-state index contributed by atoms with van der Waals surface area (Å²) in [5.41, 5.74) is 2.32. The molecule has 0 unspecified atom stereocenters. The molecule has 7 heteroatoms. The third-order valence-corrected chi connectivity index (χ3v) is 5.10. The summed E-state index contributed by atoms with van der Waals surface area (Å²) in [5.74, 6) is 0.837. The molecule has 30 heavy (non-hydrogen) atoms. The van der Waals surface area contributed by atoms with Gasteiger partial charge in [0.2, 0.25) is 5.89 Å². The highest BCUT2D eigenvalue weighted by Crippen LogP contribution is 2.19. The molecular weight excluding hydrogens is 380 g/mol. The van der Waals surface area contributed by atoms with Crippen LogP contribution in [0.3, 0.4) is 0 Å². The molecule has 0 saturated heterocycles. The van der Waals surface area contributed by atoms with E-state index < -0.39 is 0 Å². The van der Waals surface area contributed by atoms with Crippen LogP contribution in [-0.2, 0) is 6.54 Å². The van der Waals surface area contributed by atoms with E-state index in [-0.39, 0.29) is 29.6 Å². The number of hydrogen-bond donors (Lipinski definition) is 0. The number of hydrogen-bond acceptors (Lipinski definition) is 5. The van der Waals surface area contributed by atoms with Gasteiger partial charge >= 0.3 is 0 Å². The topological polar surface area (TPSA) is 81.2 Å². The van der Waals surface area contributed by atoms with E-state index in [2.05, 4.69) is 24.0 Å². The van der Waals surface area contributed by atoms with Crippen LogP contribution in [0.15, 0.2) is 45.8 Å². The minimum atomic E-state index is -0.343. The first-order chi connectivity index (χ1) is 14.2. The first-order valence-corrected chi connectivity index (χ1v) is 10.1. The predicted molar refractivity (Wildman–Crippen MR) is 115 cm³/mol. The molecule has 0 bridgehead atoms. The van der Waals surface area contributed by atoms with Gasteiger partial charge < -0.3 is 9.42 Å². The highest BCUT2D eigenvalue weighted by atomic mass is 16.5. The van der Waals surface area contributed by atoms with E-state index in [0.717, 1.165) is 11.3 Å². The fourth-order valence-electron chi connectivity index (χ4n) is 3.31. The summed E-state index contributed by atoms with van der Waals surface area (Å²) >= 11 is 0. The number of carbonyl (C=O) groups is 1. The lowest BCUT2D eigenvalue weighted by molar-refractivity contribution is 0.0680. The van der Waals surface area contributed by atoms with E-state index in [1.165, 1.54) is 4.57 Å². The zero-order valence-corrected chi connectivity index (χ0v) is 18.3. The summed E-state index contributed by atoms with van der Waals surface area (Å²) in [6.07, 6.45) is 1.72. The number of amides is 1. The van der Waals surface area contributed by atoms with Crippen LogP contribution in [0.1, 0.15) is 66.8 Å². The first-order valence-electron chi connectivity index (χ1n) is 10.1. The van der Waals surface area contributed by atoms with Crippen LogP contribution in [0.2, 0.25) is 0 Å². The third kappa shape index (κ3) is 4.35. The molecule has 1 aromatic carbocycles. The summed E-state index contributed by atoms with van der Waals surface area (Å²) in [5, 5.41) is 3.89. The number of rotatable bonds is 6. The lowest BCUT2D eigenvalue weighted by Gasteiger charge is -2.26. The van der Waals surface area contributed by atoms with Crippen LogP contribution in [0, 0.1) is 13.8 Å². The summed E-state index contributed by atoms with van der Waals surface area (Å²) in [6.45, 7) is 11.6. The van der Waals surface area contributed by atoms with Crippen molar-refractivity contribution >= 4 is 5.91 Å². The highest BCUT2D eigenvalue weighted by Gasteiger charge is 2.26. The maximum absolute atomic E-state index is 13.4. The molecule has 0 aliphatic heterocycles. The van der Waals surface area contributed by atoms with Crippen LogP contribution in [0.4, 0.5) is 0 Å². The summed E-state index contributed by atoms with van der Waals surface area (Å²) in [6, 6.07) is 9.47. The van der Waals surface area contributed by atoms with Crippen LogP contribution in [0.25, 0.3) is 5.69 Å². The first kappa shape index (κ1) is 21.5. The summed E-state index contributed by atoms with van der Waals surface area (Å²) < 4.78 is 6.55. The van der Waals surface area contributed by atoms with Crippen molar-refractivity contribution in [3.05, 3.63) is 75.3 Å². The van der Waals surface area contributed by atoms with Crippen molar-refractivity contribution in [2.24, 2.45) is 0 Å². The molecule has 3 rings (SSSR count). The van der Waals surface area contributed by atoms with E-state index >= 15 is 0 Å². The zero-order valence-electron chi connectivity index (χ0n) is 18.3. The van der Waals surface area contributed by atoms with Gasteiger partial charge in [-0.1, -0.05) is 31.1 Å². The molecule has 2 heterocycles. The van der Waals surface area contributed by atoms with E-state index in [4.69, 9.17) is 4.52 Å². The van der Waals surface area contributed by atoms with Gasteiger partial charge in [-0.2, -0.15) is 4.98 Å². The van der Waals surface area contributed by atoms with Crippen molar-refractivity contribution in [1.82, 2.24) is 19.6 Å². The fraction of sp³-hybridized carbons (Fsp3) is 0.391. The molecule has 3 aromatic rings. The minimum absolute atomic E-state index is 0.145. The van der Waals surface area contributed by atoms with Gasteiger partial charge in [0.25, 0.3) is 11.5 Å². The van der Waals surface area contributed by atoms with Gasteiger partial charge in [0.15, 0.2) is 5.82 Å². The van der Waals surface area contributed by atoms with Gasteiger partial charge in [-0.15, -0.1) is 0 Å². The molecule has 0 saturated carbocycles. The average molecular weight is 409 g/mol. The Morgan fingerprint density at radius 2 is 1.90 bits per heavy atom. The largest absolute Gasteiger partial charge is 0.340 e. The molecule has 0 fully saturated rings. The third-order valence-electron chi connectivity index (χ3n) is 5.10. The quantitative estimate of drug-likeness (QED) is 0.615. The van der Waals surface area contributed by atoms with E-state index in [1.54, 1.807) is 31.0 Å². The molecule has 158 valence electrons. The van der Waals surface area contributed by atoms with Crippen LogP contribution in [0.5, 0.6) is 0 Å². The van der Waals surface area contributed by atoms with Gasteiger partial charge in [-0.25, -0.2) is 0 Å². The zero-order chi connectivity index (χ0) is 22.0. The van der Waals surface area contributed by atoms with Crippen LogP contribution < -0.4 is 5.56 Å². The average Bonchev–Trinajstić information content (AvgIpc) is 3.11. The van der Waals surface area contributed by atoms with E-state index in [0.29, 0.717) is 23.2 Å². The monoisotopic (exact) mass is 408 g/mol. The fourth-order valence-corrected chi connectivity index (χ4v) is 3.31. The minimum Gasteiger partial charge on any atom is -0.340 e. The van der Waals surface area contributed by atoms with Gasteiger partial charge in [-0.05, 0) is 56.0 Å². The normalized spacial score (nSPS) is 11.3. The molecule has 0 aliphatic carbocycles. The highest BCUT2D eigenvalue weighted by molar-refractivity contribution is 5.95. The Bertz CT molecular complexity index is 1110. The Balaban J connectivity index is 2.04. The molecule has 2 aromatic heterocycles. The maximum atomic E-state index is 13.4. The Hall–Kier alpha value is -3.22. The number of nitrogens with zero attached hydrogens (tertiary/aromatic N) is 4. The Kier molecular flexibility index (Phi) is 6.20. The van der Waals surface area contributed by atoms with Crippen molar-refractivity contribution in [1.29, 1.82) is 0 Å². The van der Waals surface area contributed by atoms with Gasteiger partial charge in [0, 0.05) is 24.8 Å². The maximum Gasteiger partial charge on any atom is 0.268 e. The second-order valence-corrected chi connectivity index (χ2v) is 8.06. The summed E-state index contributed by atoms with van der Waals surface area (Å²) in [7, 11) is 0. The Labute approximate surface area is 176 Å². The van der Waals surface area contributed by atoms with Gasteiger partial charge in [-0.3, -0.25) is 14.2 Å². The molecule has 0 atom stereocenters. The van der Waals surface area contributed by atoms with Gasteiger partial charge in [0.05, 0.1) is 6.54 Å². The lowest BCUT2D eigenvalue weighted by Crippen LogP contribution is -2.41.